The van der Waals surface area contributed by atoms with Crippen molar-refractivity contribution in [2.45, 2.75) is 23.3 Å². The smallest absolute Gasteiger partial charge is 0.325 e. The zero-order valence-electron chi connectivity index (χ0n) is 17.4. The third-order valence-electron chi connectivity index (χ3n) is 4.63. The summed E-state index contributed by atoms with van der Waals surface area (Å²) in [6.45, 7) is 1.30. The van der Waals surface area contributed by atoms with Crippen molar-refractivity contribution in [1.82, 2.24) is 4.57 Å². The molecule has 3 rings (SSSR count). The van der Waals surface area contributed by atoms with Gasteiger partial charge >= 0.3 is 5.97 Å². The van der Waals surface area contributed by atoms with Crippen molar-refractivity contribution < 1.29 is 31.2 Å². The fourth-order valence-electron chi connectivity index (χ4n) is 2.84. The summed E-state index contributed by atoms with van der Waals surface area (Å²) in [4.78, 5) is 29.1. The molecule has 0 saturated carbocycles. The molecule has 0 fully saturated rings. The van der Waals surface area contributed by atoms with Crippen LogP contribution in [0.4, 0.5) is 0 Å². The predicted molar refractivity (Wildman–Crippen MR) is 119 cm³/mol. The molecule has 0 unspecified atom stereocenters. The number of benzene rings is 2. The summed E-state index contributed by atoms with van der Waals surface area (Å²) in [6.07, 6.45) is 1.08. The van der Waals surface area contributed by atoms with Gasteiger partial charge in [-0.3, -0.25) is 9.59 Å². The van der Waals surface area contributed by atoms with Crippen LogP contribution in [-0.4, -0.2) is 52.4 Å². The molecule has 9 nitrogen and oxygen atoms in total. The Kier molecular flexibility index (Phi) is 6.67. The lowest BCUT2D eigenvalue weighted by atomic mass is 10.2. The van der Waals surface area contributed by atoms with Crippen LogP contribution in [0.3, 0.4) is 0 Å². The van der Waals surface area contributed by atoms with Gasteiger partial charge in [0.1, 0.15) is 6.54 Å². The molecule has 0 aliphatic carbocycles. The lowest BCUT2D eigenvalue weighted by Crippen LogP contribution is -2.22. The molecule has 32 heavy (non-hydrogen) atoms. The van der Waals surface area contributed by atoms with Gasteiger partial charge in [0.15, 0.2) is 24.5 Å². The first-order valence-corrected chi connectivity index (χ1v) is 13.6. The molecule has 12 heteroatoms. The van der Waals surface area contributed by atoms with Crippen molar-refractivity contribution in [3.05, 3.63) is 52.8 Å². The van der Waals surface area contributed by atoms with Crippen LogP contribution in [0.15, 0.2) is 57.2 Å². The Morgan fingerprint density at radius 1 is 1.03 bits per heavy atom. The number of fused-ring (bicyclic) bond motifs is 1. The number of ether oxygens (including phenoxy) is 1. The molecule has 3 aromatic rings. The van der Waals surface area contributed by atoms with E-state index in [4.69, 9.17) is 4.74 Å². The van der Waals surface area contributed by atoms with Crippen molar-refractivity contribution in [2.75, 3.05) is 19.1 Å². The Hall–Kier alpha value is -2.83. The number of thiazole rings is 1. The van der Waals surface area contributed by atoms with E-state index in [1.165, 1.54) is 55.0 Å². The van der Waals surface area contributed by atoms with E-state index in [2.05, 4.69) is 4.99 Å². The van der Waals surface area contributed by atoms with E-state index in [0.29, 0.717) is 10.2 Å². The van der Waals surface area contributed by atoms with Crippen LogP contribution in [0.1, 0.15) is 17.3 Å². The minimum Gasteiger partial charge on any atom is -0.468 e. The number of carbonyl (C=O) groups excluding carboxylic acids is 2. The van der Waals surface area contributed by atoms with Gasteiger partial charge in [-0.1, -0.05) is 18.3 Å². The average Bonchev–Trinajstić information content (AvgIpc) is 3.09. The maximum Gasteiger partial charge on any atom is 0.325 e. The second kappa shape index (κ2) is 8.96. The fraction of sp³-hybridized carbons (Fsp3) is 0.250. The van der Waals surface area contributed by atoms with Gasteiger partial charge in [-0.25, -0.2) is 16.8 Å². The highest BCUT2D eigenvalue weighted by Gasteiger charge is 2.16. The number of aromatic nitrogens is 1. The number of methoxy groups -OCH3 is 1. The van der Waals surface area contributed by atoms with Crippen LogP contribution >= 0.6 is 11.3 Å². The van der Waals surface area contributed by atoms with E-state index >= 15 is 0 Å². The minimum atomic E-state index is -3.45. The van der Waals surface area contributed by atoms with Crippen LogP contribution < -0.4 is 4.80 Å². The Bertz CT molecular complexity index is 1480. The number of nitrogens with zero attached hydrogens (tertiary/aromatic N) is 2. The number of hydrogen-bond acceptors (Lipinski definition) is 8. The maximum absolute atomic E-state index is 12.7. The monoisotopic (exact) mass is 496 g/mol. The lowest BCUT2D eigenvalue weighted by molar-refractivity contribution is -0.141. The van der Waals surface area contributed by atoms with Gasteiger partial charge in [-0.15, -0.1) is 0 Å². The molecule has 1 amide bonds. The number of rotatable bonds is 6. The van der Waals surface area contributed by atoms with Gasteiger partial charge in [0, 0.05) is 11.8 Å². The molecule has 2 aromatic carbocycles. The molecule has 0 aliphatic heterocycles. The highest BCUT2D eigenvalue weighted by atomic mass is 32.2. The minimum absolute atomic E-state index is 0.0601. The molecule has 1 aromatic heterocycles. The van der Waals surface area contributed by atoms with E-state index in [0.717, 1.165) is 17.6 Å². The Balaban J connectivity index is 2.12. The molecule has 0 aliphatic rings. The van der Waals surface area contributed by atoms with Gasteiger partial charge in [0.05, 0.1) is 32.9 Å². The Labute approximate surface area is 188 Å². The summed E-state index contributed by atoms with van der Waals surface area (Å²) in [7, 11) is -5.62. The van der Waals surface area contributed by atoms with Gasteiger partial charge < -0.3 is 9.30 Å². The zero-order chi connectivity index (χ0) is 23.7. The third kappa shape index (κ3) is 4.97. The largest absolute Gasteiger partial charge is 0.468 e. The van der Waals surface area contributed by atoms with Crippen molar-refractivity contribution in [2.24, 2.45) is 4.99 Å². The lowest BCUT2D eigenvalue weighted by Gasteiger charge is -2.04. The van der Waals surface area contributed by atoms with E-state index in [1.54, 1.807) is 6.07 Å². The van der Waals surface area contributed by atoms with E-state index in [9.17, 15) is 26.4 Å². The average molecular weight is 497 g/mol. The third-order valence-corrected chi connectivity index (χ3v) is 8.54. The van der Waals surface area contributed by atoms with Gasteiger partial charge in [-0.2, -0.15) is 4.99 Å². The van der Waals surface area contributed by atoms with E-state index < -0.39 is 31.6 Å². The normalized spacial score (nSPS) is 12.8. The Morgan fingerprint density at radius 3 is 2.22 bits per heavy atom. The first-order valence-electron chi connectivity index (χ1n) is 9.28. The van der Waals surface area contributed by atoms with Crippen LogP contribution in [0.25, 0.3) is 10.2 Å². The quantitative estimate of drug-likeness (QED) is 0.476. The molecule has 0 spiro atoms. The van der Waals surface area contributed by atoms with Crippen LogP contribution in [0.5, 0.6) is 0 Å². The zero-order valence-corrected chi connectivity index (χ0v) is 19.9. The standard InChI is InChI=1S/C20H20N2O7S3/c1-4-32(27,28)14-7-5-13(6-8-14)19(24)21-20-22(12-18(23)29-2)16-10-9-15(31(3,25)26)11-17(16)30-20/h5-11H,4,12H2,1-3H3. The van der Waals surface area contributed by atoms with Crippen LogP contribution in [0.2, 0.25) is 0 Å². The topological polar surface area (TPSA) is 129 Å². The Morgan fingerprint density at radius 2 is 1.66 bits per heavy atom. The summed E-state index contributed by atoms with van der Waals surface area (Å²) in [5.74, 6) is -1.27. The summed E-state index contributed by atoms with van der Waals surface area (Å²) >= 11 is 1.05. The number of amides is 1. The van der Waals surface area contributed by atoms with Crippen LogP contribution in [-0.2, 0) is 35.8 Å². The molecular formula is C20H20N2O7S3. The highest BCUT2D eigenvalue weighted by Crippen LogP contribution is 2.22. The summed E-state index contributed by atoms with van der Waals surface area (Å²) < 4.78 is 54.4. The van der Waals surface area contributed by atoms with E-state index in [-0.39, 0.29) is 32.5 Å². The molecule has 0 N–H and O–H groups in total. The second-order valence-electron chi connectivity index (χ2n) is 6.79. The number of hydrogen-bond donors (Lipinski definition) is 0. The first-order chi connectivity index (χ1) is 15.0. The van der Waals surface area contributed by atoms with Crippen molar-refractivity contribution in [3.8, 4) is 0 Å². The molecule has 170 valence electrons. The predicted octanol–water partition coefficient (Wildman–Crippen LogP) is 1.81. The first kappa shape index (κ1) is 23.8. The summed E-state index contributed by atoms with van der Waals surface area (Å²) in [6, 6.07) is 9.83. The highest BCUT2D eigenvalue weighted by molar-refractivity contribution is 7.91. The van der Waals surface area contributed by atoms with E-state index in [1.807, 2.05) is 0 Å². The second-order valence-corrected chi connectivity index (χ2v) is 12.1. The molecular weight excluding hydrogens is 476 g/mol. The fourth-order valence-corrected chi connectivity index (χ4v) is 5.51. The molecule has 0 atom stereocenters. The van der Waals surface area contributed by atoms with Crippen molar-refractivity contribution in [1.29, 1.82) is 0 Å². The molecule has 0 bridgehead atoms. The van der Waals surface area contributed by atoms with Crippen molar-refractivity contribution >= 4 is 53.1 Å². The summed E-state index contributed by atoms with van der Waals surface area (Å²) in [5, 5.41) is 0. The SMILES string of the molecule is CCS(=O)(=O)c1ccc(C(=O)N=c2sc3cc(S(C)(=O)=O)ccc3n2CC(=O)OC)cc1. The number of sulfone groups is 2. The maximum atomic E-state index is 12.7. The molecule has 0 radical (unpaired) electrons. The van der Waals surface area contributed by atoms with Gasteiger partial charge in [0.2, 0.25) is 0 Å². The van der Waals surface area contributed by atoms with Crippen molar-refractivity contribution in [3.63, 3.8) is 0 Å². The van der Waals surface area contributed by atoms with Crippen LogP contribution in [0, 0.1) is 0 Å². The molecule has 1 heterocycles. The summed E-state index contributed by atoms with van der Waals surface area (Å²) in [5.41, 5.74) is 0.683. The number of esters is 1. The van der Waals surface area contributed by atoms with Gasteiger partial charge in [0.25, 0.3) is 5.91 Å². The molecule has 0 saturated heterocycles. The van der Waals surface area contributed by atoms with Gasteiger partial charge in [-0.05, 0) is 42.5 Å². The number of carbonyl (C=O) groups is 2.